The molecule has 0 radical (unpaired) electrons. The molecule has 9 rings (SSSR count). The highest BCUT2D eigenvalue weighted by atomic mass is 16.5. The van der Waals surface area contributed by atoms with E-state index in [-0.39, 0.29) is 0 Å². The molecule has 0 spiro atoms. The Morgan fingerprint density at radius 2 is 1.32 bits per heavy atom. The first-order valence-corrected chi connectivity index (χ1v) is 14.7. The lowest BCUT2D eigenvalue weighted by molar-refractivity contribution is 0.483. The number of benzene rings is 5. The first-order chi connectivity index (χ1) is 21.8. The molecule has 4 heterocycles. The highest BCUT2D eigenvalue weighted by molar-refractivity contribution is 6.16. The average Bonchev–Trinajstić information content (AvgIpc) is 3.75. The molecule has 1 aliphatic rings. The molecule has 0 amide bonds. The molecule has 1 aliphatic heterocycles. The van der Waals surface area contributed by atoms with Crippen LogP contribution in [0, 0.1) is 0 Å². The van der Waals surface area contributed by atoms with E-state index in [0.717, 1.165) is 67.4 Å². The van der Waals surface area contributed by atoms with Crippen LogP contribution in [0.2, 0.25) is 0 Å². The Balaban J connectivity index is 1.11. The first kappa shape index (κ1) is 24.6. The number of pyridine rings is 1. The normalized spacial score (nSPS) is 12.8. The quantitative estimate of drug-likeness (QED) is 0.206. The molecule has 0 fully saturated rings. The Morgan fingerprint density at radius 1 is 0.591 bits per heavy atom. The van der Waals surface area contributed by atoms with Crippen LogP contribution in [-0.4, -0.2) is 16.2 Å². The molecule has 0 bridgehead atoms. The number of hydrogen-bond donors (Lipinski definition) is 0. The van der Waals surface area contributed by atoms with Crippen molar-refractivity contribution in [2.75, 3.05) is 16.5 Å². The lowest BCUT2D eigenvalue weighted by Crippen LogP contribution is -2.23. The summed E-state index contributed by atoms with van der Waals surface area (Å²) in [6.45, 7) is 0.712. The molecule has 44 heavy (non-hydrogen) atoms. The molecule has 3 aromatic heterocycles. The van der Waals surface area contributed by atoms with Crippen molar-refractivity contribution in [1.82, 2.24) is 9.55 Å². The van der Waals surface area contributed by atoms with E-state index in [1.54, 1.807) is 0 Å². The minimum atomic E-state index is 0.712. The fourth-order valence-corrected chi connectivity index (χ4v) is 6.35. The van der Waals surface area contributed by atoms with Crippen molar-refractivity contribution in [2.45, 2.75) is 0 Å². The average molecular weight is 571 g/mol. The summed E-state index contributed by atoms with van der Waals surface area (Å²) in [5, 5.41) is 2.06. The monoisotopic (exact) mass is 570 g/mol. The molecule has 210 valence electrons. The molecular weight excluding hydrogens is 544 g/mol. The summed E-state index contributed by atoms with van der Waals surface area (Å²) < 4.78 is 15.1. The van der Waals surface area contributed by atoms with E-state index in [1.165, 1.54) is 5.69 Å². The van der Waals surface area contributed by atoms with E-state index in [4.69, 9.17) is 14.1 Å². The van der Waals surface area contributed by atoms with Gasteiger partial charge in [0.25, 0.3) is 0 Å². The summed E-state index contributed by atoms with van der Waals surface area (Å²) in [4.78, 5) is 9.35. The summed E-state index contributed by atoms with van der Waals surface area (Å²) in [7, 11) is 0. The second kappa shape index (κ2) is 9.78. The molecule has 6 nitrogen and oxygen atoms in total. The fourth-order valence-electron chi connectivity index (χ4n) is 6.35. The minimum Gasteiger partial charge on any atom is -0.457 e. The lowest BCUT2D eigenvalue weighted by Gasteiger charge is -2.22. The predicted octanol–water partition coefficient (Wildman–Crippen LogP) is 9.96. The maximum atomic E-state index is 6.53. The first-order valence-electron chi connectivity index (χ1n) is 14.7. The van der Waals surface area contributed by atoms with Crippen molar-refractivity contribution >= 4 is 55.7 Å². The van der Waals surface area contributed by atoms with Gasteiger partial charge in [-0.15, -0.1) is 0 Å². The third-order valence-electron chi connectivity index (χ3n) is 8.31. The molecule has 5 aromatic carbocycles. The van der Waals surface area contributed by atoms with Crippen LogP contribution in [0.3, 0.4) is 0 Å². The van der Waals surface area contributed by atoms with Gasteiger partial charge in [0, 0.05) is 40.5 Å². The number of fused-ring (bicyclic) bond motifs is 6. The smallest absolute Gasteiger partial charge is 0.161 e. The van der Waals surface area contributed by atoms with Crippen molar-refractivity contribution in [1.29, 1.82) is 0 Å². The molecule has 0 N–H and O–H groups in total. The van der Waals surface area contributed by atoms with Crippen molar-refractivity contribution in [3.8, 4) is 17.3 Å². The highest BCUT2D eigenvalue weighted by Gasteiger charge is 2.28. The standard InChI is InChI=1S/C38H26N4O2/c1-2-11-26(12-3-1)40-25-41(33-17-6-5-16-32(33)40)27-13-10-14-28(23-27)43-29-20-21-30-34(24-29)42(36-19-8-9-22-39-36)37-31-15-4-7-18-35(31)44-38(30)37/h1-24H,25H2. The third-order valence-corrected chi connectivity index (χ3v) is 8.31. The fraction of sp³-hybridized carbons (Fsp3) is 0.0263. The number of nitrogens with zero attached hydrogens (tertiary/aromatic N) is 4. The van der Waals surface area contributed by atoms with E-state index in [2.05, 4.69) is 93.2 Å². The third kappa shape index (κ3) is 3.85. The van der Waals surface area contributed by atoms with Crippen LogP contribution in [0.15, 0.2) is 150 Å². The second-order valence-corrected chi connectivity index (χ2v) is 10.9. The number of anilines is 4. The Kier molecular flexibility index (Phi) is 5.46. The van der Waals surface area contributed by atoms with Gasteiger partial charge in [0.15, 0.2) is 5.58 Å². The van der Waals surface area contributed by atoms with Crippen LogP contribution in [0.25, 0.3) is 38.8 Å². The van der Waals surface area contributed by atoms with Crippen molar-refractivity contribution < 1.29 is 9.15 Å². The predicted molar refractivity (Wildman–Crippen MR) is 177 cm³/mol. The zero-order valence-corrected chi connectivity index (χ0v) is 23.7. The lowest BCUT2D eigenvalue weighted by atomic mass is 10.2. The minimum absolute atomic E-state index is 0.712. The molecule has 0 saturated carbocycles. The molecule has 0 unspecified atom stereocenters. The SMILES string of the molecule is c1ccc(N2CN(c3cccc(Oc4ccc5c6oc7ccccc7c6n(-c6ccccn6)c5c4)c3)c3ccccc32)cc1. The van der Waals surface area contributed by atoms with Gasteiger partial charge in [-0.1, -0.05) is 54.6 Å². The number of rotatable bonds is 5. The van der Waals surface area contributed by atoms with Gasteiger partial charge in [0.1, 0.15) is 35.1 Å². The van der Waals surface area contributed by atoms with E-state index < -0.39 is 0 Å². The van der Waals surface area contributed by atoms with Crippen molar-refractivity contribution in [3.63, 3.8) is 0 Å². The molecule has 8 aromatic rings. The Labute approximate surface area is 253 Å². The van der Waals surface area contributed by atoms with Crippen LogP contribution in [0.1, 0.15) is 0 Å². The molecule has 0 saturated heterocycles. The van der Waals surface area contributed by atoms with E-state index in [0.29, 0.717) is 6.67 Å². The van der Waals surface area contributed by atoms with Gasteiger partial charge < -0.3 is 19.0 Å². The number of hydrogen-bond acceptors (Lipinski definition) is 5. The molecular formula is C38H26N4O2. The highest BCUT2D eigenvalue weighted by Crippen LogP contribution is 2.45. The van der Waals surface area contributed by atoms with Crippen molar-refractivity contribution in [3.05, 3.63) is 146 Å². The topological polar surface area (TPSA) is 46.7 Å². The van der Waals surface area contributed by atoms with Gasteiger partial charge in [0.2, 0.25) is 0 Å². The molecule has 0 atom stereocenters. The van der Waals surface area contributed by atoms with Crippen LogP contribution in [0.5, 0.6) is 11.5 Å². The summed E-state index contributed by atoms with van der Waals surface area (Å²) in [5.41, 5.74) is 8.26. The van der Waals surface area contributed by atoms with Crippen LogP contribution >= 0.6 is 0 Å². The maximum absolute atomic E-state index is 6.53. The Bertz CT molecular complexity index is 2310. The zero-order chi connectivity index (χ0) is 29.0. The van der Waals surface area contributed by atoms with E-state index in [9.17, 15) is 0 Å². The van der Waals surface area contributed by atoms with Gasteiger partial charge in [-0.25, -0.2) is 4.98 Å². The van der Waals surface area contributed by atoms with E-state index in [1.807, 2.05) is 66.9 Å². The summed E-state index contributed by atoms with van der Waals surface area (Å²) in [6, 6.07) is 47.6. The number of ether oxygens (including phenoxy) is 1. The van der Waals surface area contributed by atoms with Crippen molar-refractivity contribution in [2.24, 2.45) is 0 Å². The van der Waals surface area contributed by atoms with Gasteiger partial charge in [-0.05, 0) is 72.8 Å². The summed E-state index contributed by atoms with van der Waals surface area (Å²) in [6.07, 6.45) is 1.82. The Hall–Kier alpha value is -6.01. The largest absolute Gasteiger partial charge is 0.457 e. The van der Waals surface area contributed by atoms with E-state index >= 15 is 0 Å². The van der Waals surface area contributed by atoms with Crippen LogP contribution in [0.4, 0.5) is 22.7 Å². The summed E-state index contributed by atoms with van der Waals surface area (Å²) in [5.74, 6) is 2.33. The Morgan fingerprint density at radius 3 is 2.16 bits per heavy atom. The molecule has 6 heteroatoms. The van der Waals surface area contributed by atoms with Crippen LogP contribution in [-0.2, 0) is 0 Å². The zero-order valence-electron chi connectivity index (χ0n) is 23.7. The van der Waals surface area contributed by atoms with Gasteiger partial charge in [-0.3, -0.25) is 4.57 Å². The maximum Gasteiger partial charge on any atom is 0.161 e. The summed E-state index contributed by atoms with van der Waals surface area (Å²) >= 11 is 0. The number of furan rings is 1. The van der Waals surface area contributed by atoms with Crippen LogP contribution < -0.4 is 14.5 Å². The van der Waals surface area contributed by atoms with Gasteiger partial charge in [0.05, 0.1) is 16.9 Å². The van der Waals surface area contributed by atoms with Gasteiger partial charge >= 0.3 is 0 Å². The number of para-hydroxylation sites is 4. The van der Waals surface area contributed by atoms with Gasteiger partial charge in [-0.2, -0.15) is 0 Å². The second-order valence-electron chi connectivity index (χ2n) is 10.9. The molecule has 0 aliphatic carbocycles. The number of aromatic nitrogens is 2.